The zero-order valence-electron chi connectivity index (χ0n) is 13.3. The topological polar surface area (TPSA) is 32.8 Å². The maximum atomic E-state index is 12.1. The van der Waals surface area contributed by atoms with E-state index >= 15 is 0 Å². The fourth-order valence-electron chi connectivity index (χ4n) is 3.10. The Labute approximate surface area is 127 Å². The van der Waals surface area contributed by atoms with Gasteiger partial charge in [0.15, 0.2) is 0 Å². The van der Waals surface area contributed by atoms with E-state index in [1.807, 2.05) is 30.3 Å². The Morgan fingerprint density at radius 3 is 2.71 bits per heavy atom. The number of methoxy groups -OCH3 is 1. The molecular weight excluding hydrogens is 264 g/mol. The van der Waals surface area contributed by atoms with Crippen molar-refractivity contribution in [3.8, 4) is 0 Å². The van der Waals surface area contributed by atoms with Gasteiger partial charge in [0.05, 0.1) is 13.0 Å². The molecule has 0 amide bonds. The number of esters is 1. The molecule has 4 heteroatoms. The van der Waals surface area contributed by atoms with Crippen molar-refractivity contribution in [2.24, 2.45) is 0 Å². The fraction of sp³-hybridized carbons (Fsp3) is 0.588. The lowest BCUT2D eigenvalue weighted by atomic mass is 9.98. The quantitative estimate of drug-likeness (QED) is 0.750. The number of carbonyl (C=O) groups excluding carboxylic acids is 1. The van der Waals surface area contributed by atoms with Crippen molar-refractivity contribution in [1.29, 1.82) is 0 Å². The van der Waals surface area contributed by atoms with Gasteiger partial charge >= 0.3 is 5.97 Å². The number of hydrogen-bond donors (Lipinski definition) is 0. The molecule has 0 saturated carbocycles. The summed E-state index contributed by atoms with van der Waals surface area (Å²) >= 11 is 0. The molecule has 1 aromatic carbocycles. The second kappa shape index (κ2) is 7.57. The maximum absolute atomic E-state index is 12.1. The Kier molecular flexibility index (Phi) is 5.76. The van der Waals surface area contributed by atoms with Crippen molar-refractivity contribution in [1.82, 2.24) is 9.80 Å². The first-order valence-electron chi connectivity index (χ1n) is 7.63. The zero-order valence-corrected chi connectivity index (χ0v) is 13.3. The standard InChI is InChI=1S/C17H26N2O2/c1-18(12-15-10-7-11-19(15)2)13-16(17(20)21-3)14-8-5-4-6-9-14/h4-6,8-9,15-16H,7,10-13H2,1-3H3. The number of ether oxygens (including phenoxy) is 1. The summed E-state index contributed by atoms with van der Waals surface area (Å²) in [5.41, 5.74) is 1.02. The number of rotatable bonds is 6. The van der Waals surface area contributed by atoms with E-state index in [1.165, 1.54) is 26.5 Å². The molecule has 1 aromatic rings. The van der Waals surface area contributed by atoms with E-state index < -0.39 is 0 Å². The highest BCUT2D eigenvalue weighted by molar-refractivity contribution is 5.78. The third-order valence-electron chi connectivity index (χ3n) is 4.38. The van der Waals surface area contributed by atoms with Gasteiger partial charge in [-0.2, -0.15) is 0 Å². The summed E-state index contributed by atoms with van der Waals surface area (Å²) in [6.07, 6.45) is 2.52. The highest BCUT2D eigenvalue weighted by Gasteiger charge is 2.26. The summed E-state index contributed by atoms with van der Waals surface area (Å²) < 4.78 is 4.98. The fourth-order valence-corrected chi connectivity index (χ4v) is 3.10. The largest absolute Gasteiger partial charge is 0.469 e. The molecule has 4 nitrogen and oxygen atoms in total. The maximum Gasteiger partial charge on any atom is 0.314 e. The number of hydrogen-bond acceptors (Lipinski definition) is 4. The molecule has 1 fully saturated rings. The minimum Gasteiger partial charge on any atom is -0.469 e. The van der Waals surface area contributed by atoms with Crippen LogP contribution in [0, 0.1) is 0 Å². The van der Waals surface area contributed by atoms with E-state index in [2.05, 4.69) is 23.9 Å². The summed E-state index contributed by atoms with van der Waals surface area (Å²) in [6, 6.07) is 10.5. The second-order valence-electron chi connectivity index (χ2n) is 5.98. The van der Waals surface area contributed by atoms with Crippen LogP contribution in [-0.2, 0) is 9.53 Å². The molecule has 1 saturated heterocycles. The number of likely N-dealkylation sites (tertiary alicyclic amines) is 1. The molecule has 2 unspecified atom stereocenters. The molecule has 1 heterocycles. The van der Waals surface area contributed by atoms with Gasteiger partial charge in [0.1, 0.15) is 0 Å². The van der Waals surface area contributed by atoms with Crippen LogP contribution in [0.2, 0.25) is 0 Å². The molecule has 1 aliphatic rings. The lowest BCUT2D eigenvalue weighted by molar-refractivity contribution is -0.142. The number of likely N-dealkylation sites (N-methyl/N-ethyl adjacent to an activating group) is 2. The summed E-state index contributed by atoms with van der Waals surface area (Å²) in [4.78, 5) is 16.8. The third kappa shape index (κ3) is 4.29. The predicted octanol–water partition coefficient (Wildman–Crippen LogP) is 1.97. The lowest BCUT2D eigenvalue weighted by Crippen LogP contribution is -2.39. The molecule has 0 aliphatic carbocycles. The zero-order chi connectivity index (χ0) is 15.2. The molecule has 21 heavy (non-hydrogen) atoms. The first-order valence-corrected chi connectivity index (χ1v) is 7.63. The highest BCUT2D eigenvalue weighted by Crippen LogP contribution is 2.20. The van der Waals surface area contributed by atoms with Gasteiger partial charge in [0.2, 0.25) is 0 Å². The van der Waals surface area contributed by atoms with Crippen molar-refractivity contribution in [2.45, 2.75) is 24.8 Å². The Balaban J connectivity index is 1.99. The predicted molar refractivity (Wildman–Crippen MR) is 84.3 cm³/mol. The van der Waals surface area contributed by atoms with Gasteiger partial charge in [-0.1, -0.05) is 30.3 Å². The molecule has 0 aromatic heterocycles. The molecule has 0 radical (unpaired) electrons. The van der Waals surface area contributed by atoms with E-state index in [0.29, 0.717) is 12.6 Å². The van der Waals surface area contributed by atoms with Gasteiger partial charge in [-0.3, -0.25) is 4.79 Å². The van der Waals surface area contributed by atoms with Gasteiger partial charge in [-0.25, -0.2) is 0 Å². The van der Waals surface area contributed by atoms with E-state index in [0.717, 1.165) is 12.1 Å². The van der Waals surface area contributed by atoms with Crippen molar-refractivity contribution in [2.75, 3.05) is 40.8 Å². The van der Waals surface area contributed by atoms with Crippen LogP contribution in [0.1, 0.15) is 24.3 Å². The number of nitrogens with zero attached hydrogens (tertiary/aromatic N) is 2. The summed E-state index contributed by atoms with van der Waals surface area (Å²) in [5, 5.41) is 0. The Morgan fingerprint density at radius 1 is 1.43 bits per heavy atom. The normalized spacial score (nSPS) is 20.7. The minimum absolute atomic E-state index is 0.159. The van der Waals surface area contributed by atoms with Gasteiger partial charge in [-0.05, 0) is 39.0 Å². The van der Waals surface area contributed by atoms with Crippen LogP contribution in [0.5, 0.6) is 0 Å². The van der Waals surface area contributed by atoms with Crippen LogP contribution in [0.25, 0.3) is 0 Å². The smallest absolute Gasteiger partial charge is 0.314 e. The average Bonchev–Trinajstić information content (AvgIpc) is 2.90. The van der Waals surface area contributed by atoms with Crippen molar-refractivity contribution in [3.05, 3.63) is 35.9 Å². The van der Waals surface area contributed by atoms with Crippen molar-refractivity contribution < 1.29 is 9.53 Å². The van der Waals surface area contributed by atoms with Gasteiger partial charge in [-0.15, -0.1) is 0 Å². The Bertz CT molecular complexity index is 449. The van der Waals surface area contributed by atoms with Gasteiger partial charge < -0.3 is 14.5 Å². The van der Waals surface area contributed by atoms with E-state index in [4.69, 9.17) is 4.74 Å². The third-order valence-corrected chi connectivity index (χ3v) is 4.38. The second-order valence-corrected chi connectivity index (χ2v) is 5.98. The molecule has 0 bridgehead atoms. The monoisotopic (exact) mass is 290 g/mol. The van der Waals surface area contributed by atoms with Gasteiger partial charge in [0.25, 0.3) is 0 Å². The molecule has 2 atom stereocenters. The SMILES string of the molecule is COC(=O)C(CN(C)CC1CCCN1C)c1ccccc1. The molecule has 2 rings (SSSR count). The molecule has 1 aliphatic heterocycles. The average molecular weight is 290 g/mol. The molecule has 0 N–H and O–H groups in total. The van der Waals surface area contributed by atoms with E-state index in [9.17, 15) is 4.79 Å². The van der Waals surface area contributed by atoms with E-state index in [-0.39, 0.29) is 11.9 Å². The van der Waals surface area contributed by atoms with E-state index in [1.54, 1.807) is 0 Å². The van der Waals surface area contributed by atoms with Crippen molar-refractivity contribution in [3.63, 3.8) is 0 Å². The minimum atomic E-state index is -0.215. The first-order chi connectivity index (χ1) is 10.1. The summed E-state index contributed by atoms with van der Waals surface area (Å²) in [7, 11) is 5.73. The van der Waals surface area contributed by atoms with Gasteiger partial charge in [0, 0.05) is 19.1 Å². The number of carbonyl (C=O) groups is 1. The van der Waals surface area contributed by atoms with Crippen LogP contribution >= 0.6 is 0 Å². The molecule has 116 valence electrons. The van der Waals surface area contributed by atoms with Crippen LogP contribution in [0.15, 0.2) is 30.3 Å². The number of benzene rings is 1. The van der Waals surface area contributed by atoms with Crippen LogP contribution in [-0.4, -0.2) is 62.7 Å². The summed E-state index contributed by atoms with van der Waals surface area (Å²) in [6.45, 7) is 2.87. The van der Waals surface area contributed by atoms with Crippen LogP contribution in [0.4, 0.5) is 0 Å². The first kappa shape index (κ1) is 16.0. The molecule has 0 spiro atoms. The highest BCUT2D eigenvalue weighted by atomic mass is 16.5. The Morgan fingerprint density at radius 2 is 2.14 bits per heavy atom. The summed E-state index contributed by atoms with van der Waals surface area (Å²) in [5.74, 6) is -0.374. The van der Waals surface area contributed by atoms with Crippen LogP contribution in [0.3, 0.4) is 0 Å². The van der Waals surface area contributed by atoms with Crippen LogP contribution < -0.4 is 0 Å². The molecular formula is C17H26N2O2. The Hall–Kier alpha value is -1.39. The van der Waals surface area contributed by atoms with Crippen molar-refractivity contribution >= 4 is 5.97 Å². The lowest BCUT2D eigenvalue weighted by Gasteiger charge is -2.28.